The van der Waals surface area contributed by atoms with Crippen molar-refractivity contribution in [3.05, 3.63) is 0 Å². The summed E-state index contributed by atoms with van der Waals surface area (Å²) in [6.07, 6.45) is 3.73. The molecule has 2 unspecified atom stereocenters. The Labute approximate surface area is 121 Å². The zero-order chi connectivity index (χ0) is 14.7. The van der Waals surface area contributed by atoms with Gasteiger partial charge in [0, 0.05) is 25.7 Å². The molecule has 19 heavy (non-hydrogen) atoms. The number of rotatable bonds is 12. The van der Waals surface area contributed by atoms with E-state index in [4.69, 9.17) is 4.74 Å². The van der Waals surface area contributed by atoms with Crippen molar-refractivity contribution in [1.82, 2.24) is 10.2 Å². The molecule has 0 amide bonds. The molecule has 0 aliphatic heterocycles. The summed E-state index contributed by atoms with van der Waals surface area (Å²) < 4.78 is 5.44. The molecule has 0 saturated carbocycles. The summed E-state index contributed by atoms with van der Waals surface area (Å²) in [6.45, 7) is 15.5. The fraction of sp³-hybridized carbons (Fsp3) is 1.00. The summed E-state index contributed by atoms with van der Waals surface area (Å²) in [5.74, 6) is 0.705. The molecular weight excluding hydrogens is 236 g/mol. The minimum absolute atomic E-state index is 0.491. The third-order valence-electron chi connectivity index (χ3n) is 3.69. The van der Waals surface area contributed by atoms with Crippen molar-refractivity contribution >= 4 is 0 Å². The number of hydrogen-bond acceptors (Lipinski definition) is 3. The van der Waals surface area contributed by atoms with E-state index in [0.29, 0.717) is 18.0 Å². The van der Waals surface area contributed by atoms with Crippen molar-refractivity contribution in [3.8, 4) is 0 Å². The highest BCUT2D eigenvalue weighted by Crippen LogP contribution is 2.11. The number of unbranched alkanes of at least 4 members (excludes halogenated alkanes) is 1. The minimum Gasteiger partial charge on any atom is -0.383 e. The molecular formula is C16H36N2O. The number of methoxy groups -OCH3 is 1. The molecule has 0 rings (SSSR count). The van der Waals surface area contributed by atoms with Gasteiger partial charge in [-0.2, -0.15) is 0 Å². The van der Waals surface area contributed by atoms with E-state index in [-0.39, 0.29) is 0 Å². The van der Waals surface area contributed by atoms with Crippen molar-refractivity contribution in [3.63, 3.8) is 0 Å². The molecule has 0 spiro atoms. The first-order valence-electron chi connectivity index (χ1n) is 8.02. The summed E-state index contributed by atoms with van der Waals surface area (Å²) in [4.78, 5) is 2.63. The van der Waals surface area contributed by atoms with Crippen LogP contribution in [0.1, 0.15) is 53.9 Å². The molecule has 116 valence electrons. The molecule has 3 heteroatoms. The van der Waals surface area contributed by atoms with E-state index in [1.807, 2.05) is 7.11 Å². The Morgan fingerprint density at radius 3 is 2.26 bits per heavy atom. The van der Waals surface area contributed by atoms with Crippen LogP contribution in [0.25, 0.3) is 0 Å². The molecule has 0 radical (unpaired) electrons. The van der Waals surface area contributed by atoms with E-state index in [0.717, 1.165) is 19.7 Å². The second kappa shape index (κ2) is 11.7. The van der Waals surface area contributed by atoms with E-state index in [1.165, 1.54) is 25.8 Å². The maximum absolute atomic E-state index is 5.44. The molecule has 0 aliphatic carbocycles. The number of hydrogen-bond donors (Lipinski definition) is 1. The molecule has 1 N–H and O–H groups in total. The lowest BCUT2D eigenvalue weighted by Crippen LogP contribution is -2.50. The molecule has 0 bridgehead atoms. The minimum atomic E-state index is 0.491. The molecule has 0 heterocycles. The van der Waals surface area contributed by atoms with Crippen molar-refractivity contribution < 1.29 is 4.74 Å². The van der Waals surface area contributed by atoms with Crippen LogP contribution < -0.4 is 5.32 Å². The second-order valence-corrected chi connectivity index (χ2v) is 6.01. The zero-order valence-corrected chi connectivity index (χ0v) is 14.0. The standard InChI is InChI=1S/C16H36N2O/c1-7-9-10-18(15(5)8-2)16(13-19-6)12-17-11-14(3)4/h14-17H,7-13H2,1-6H3. The molecule has 0 aromatic carbocycles. The van der Waals surface area contributed by atoms with Gasteiger partial charge in [0.1, 0.15) is 0 Å². The first-order valence-corrected chi connectivity index (χ1v) is 8.02. The van der Waals surface area contributed by atoms with E-state index in [2.05, 4.69) is 44.8 Å². The van der Waals surface area contributed by atoms with Gasteiger partial charge >= 0.3 is 0 Å². The molecule has 0 saturated heterocycles. The highest BCUT2D eigenvalue weighted by Gasteiger charge is 2.21. The predicted octanol–water partition coefficient (Wildman–Crippen LogP) is 3.15. The lowest BCUT2D eigenvalue weighted by atomic mass is 10.1. The van der Waals surface area contributed by atoms with E-state index in [1.54, 1.807) is 0 Å². The third kappa shape index (κ3) is 8.61. The summed E-state index contributed by atoms with van der Waals surface area (Å²) in [7, 11) is 1.81. The van der Waals surface area contributed by atoms with Crippen LogP contribution >= 0.6 is 0 Å². The largest absolute Gasteiger partial charge is 0.383 e. The van der Waals surface area contributed by atoms with Crippen LogP contribution in [0.3, 0.4) is 0 Å². The highest BCUT2D eigenvalue weighted by molar-refractivity contribution is 4.78. The molecule has 0 aromatic rings. The van der Waals surface area contributed by atoms with Gasteiger partial charge in [0.25, 0.3) is 0 Å². The van der Waals surface area contributed by atoms with Gasteiger partial charge in [-0.05, 0) is 38.8 Å². The maximum Gasteiger partial charge on any atom is 0.0630 e. The summed E-state index contributed by atoms with van der Waals surface area (Å²) in [6, 6.07) is 1.12. The highest BCUT2D eigenvalue weighted by atomic mass is 16.5. The summed E-state index contributed by atoms with van der Waals surface area (Å²) in [5, 5.41) is 3.58. The van der Waals surface area contributed by atoms with Crippen LogP contribution in [0.5, 0.6) is 0 Å². The van der Waals surface area contributed by atoms with E-state index < -0.39 is 0 Å². The smallest absolute Gasteiger partial charge is 0.0630 e. The van der Waals surface area contributed by atoms with Gasteiger partial charge in [0.15, 0.2) is 0 Å². The summed E-state index contributed by atoms with van der Waals surface area (Å²) in [5.41, 5.74) is 0. The molecule has 0 aromatic heterocycles. The first-order chi connectivity index (χ1) is 9.06. The van der Waals surface area contributed by atoms with Crippen LogP contribution in [0.2, 0.25) is 0 Å². The Balaban J connectivity index is 4.45. The second-order valence-electron chi connectivity index (χ2n) is 6.01. The Hall–Kier alpha value is -0.120. The Morgan fingerprint density at radius 1 is 1.11 bits per heavy atom. The quantitative estimate of drug-likeness (QED) is 0.591. The zero-order valence-electron chi connectivity index (χ0n) is 14.0. The lowest BCUT2D eigenvalue weighted by molar-refractivity contribution is 0.0619. The molecule has 0 aliphatic rings. The van der Waals surface area contributed by atoms with Crippen LogP contribution in [-0.4, -0.2) is 50.3 Å². The number of nitrogens with zero attached hydrogens (tertiary/aromatic N) is 1. The Morgan fingerprint density at radius 2 is 1.79 bits per heavy atom. The van der Waals surface area contributed by atoms with E-state index in [9.17, 15) is 0 Å². The monoisotopic (exact) mass is 272 g/mol. The molecule has 3 nitrogen and oxygen atoms in total. The fourth-order valence-corrected chi connectivity index (χ4v) is 2.34. The van der Waals surface area contributed by atoms with Gasteiger partial charge in [0.2, 0.25) is 0 Å². The average Bonchev–Trinajstić information content (AvgIpc) is 2.38. The molecule has 0 fully saturated rings. The topological polar surface area (TPSA) is 24.5 Å². The Kier molecular flexibility index (Phi) is 11.6. The van der Waals surface area contributed by atoms with Crippen LogP contribution in [0, 0.1) is 5.92 Å². The third-order valence-corrected chi connectivity index (χ3v) is 3.69. The Bertz CT molecular complexity index is 197. The van der Waals surface area contributed by atoms with E-state index >= 15 is 0 Å². The van der Waals surface area contributed by atoms with Gasteiger partial charge in [-0.15, -0.1) is 0 Å². The molecule has 2 atom stereocenters. The maximum atomic E-state index is 5.44. The van der Waals surface area contributed by atoms with Gasteiger partial charge in [-0.1, -0.05) is 34.1 Å². The van der Waals surface area contributed by atoms with Crippen molar-refractivity contribution in [1.29, 1.82) is 0 Å². The van der Waals surface area contributed by atoms with Gasteiger partial charge in [0.05, 0.1) is 6.61 Å². The van der Waals surface area contributed by atoms with Crippen LogP contribution in [-0.2, 0) is 4.74 Å². The van der Waals surface area contributed by atoms with Crippen molar-refractivity contribution in [2.45, 2.75) is 66.0 Å². The average molecular weight is 272 g/mol. The first kappa shape index (κ1) is 18.9. The number of nitrogens with one attached hydrogen (secondary N) is 1. The SMILES string of the molecule is CCCCN(C(C)CC)C(CNCC(C)C)COC. The normalized spacial score (nSPS) is 15.2. The number of ether oxygens (including phenoxy) is 1. The van der Waals surface area contributed by atoms with Crippen LogP contribution in [0.4, 0.5) is 0 Å². The van der Waals surface area contributed by atoms with Crippen molar-refractivity contribution in [2.24, 2.45) is 5.92 Å². The predicted molar refractivity (Wildman–Crippen MR) is 84.7 cm³/mol. The van der Waals surface area contributed by atoms with Crippen molar-refractivity contribution in [2.75, 3.05) is 33.4 Å². The van der Waals surface area contributed by atoms with Crippen LogP contribution in [0.15, 0.2) is 0 Å². The van der Waals surface area contributed by atoms with Gasteiger partial charge in [-0.3, -0.25) is 4.90 Å². The van der Waals surface area contributed by atoms with Gasteiger partial charge in [-0.25, -0.2) is 0 Å². The lowest BCUT2D eigenvalue weighted by Gasteiger charge is -2.36. The fourth-order valence-electron chi connectivity index (χ4n) is 2.34. The summed E-state index contributed by atoms with van der Waals surface area (Å²) >= 11 is 0. The van der Waals surface area contributed by atoms with Gasteiger partial charge < -0.3 is 10.1 Å².